The van der Waals surface area contributed by atoms with Crippen LogP contribution in [0, 0.1) is 0 Å². The Morgan fingerprint density at radius 1 is 1.41 bits per heavy atom. The number of imidazole rings is 1. The number of carbonyl (C=O) groups excluding carboxylic acids is 1. The van der Waals surface area contributed by atoms with E-state index < -0.39 is 36.8 Å². The summed E-state index contributed by atoms with van der Waals surface area (Å²) in [6.45, 7) is 5.52. The second-order valence-electron chi connectivity index (χ2n) is 7.71. The minimum absolute atomic E-state index is 0.180. The number of nitrogens with zero attached hydrogens (tertiary/aromatic N) is 2. The maximum absolute atomic E-state index is 13.3. The average Bonchev–Trinajstić information content (AvgIpc) is 2.95. The second-order valence-corrected chi connectivity index (χ2v) is 8.15. The lowest BCUT2D eigenvalue weighted by atomic mass is 10.1. The van der Waals surface area contributed by atoms with Gasteiger partial charge in [-0.1, -0.05) is 11.6 Å². The molecule has 1 amide bonds. The molecule has 0 saturated carbocycles. The highest BCUT2D eigenvalue weighted by molar-refractivity contribution is 6.31. The van der Waals surface area contributed by atoms with Gasteiger partial charge in [0.15, 0.2) is 0 Å². The lowest BCUT2D eigenvalue weighted by Crippen LogP contribution is -2.45. The minimum atomic E-state index is -2.62. The van der Waals surface area contributed by atoms with Crippen molar-refractivity contribution < 1.29 is 27.8 Å². The maximum atomic E-state index is 13.3. The van der Waals surface area contributed by atoms with Crippen LogP contribution in [-0.4, -0.2) is 53.6 Å². The Morgan fingerprint density at radius 2 is 2.17 bits per heavy atom. The molecule has 2 heterocycles. The summed E-state index contributed by atoms with van der Waals surface area (Å²) in [4.78, 5) is 16.9. The molecule has 0 radical (unpaired) electrons. The van der Waals surface area contributed by atoms with Crippen LogP contribution in [0.25, 0.3) is 11.0 Å². The van der Waals surface area contributed by atoms with Crippen LogP contribution in [0.2, 0.25) is 5.02 Å². The predicted octanol–water partition coefficient (Wildman–Crippen LogP) is 3.94. The van der Waals surface area contributed by atoms with E-state index in [2.05, 4.69) is 10.3 Å². The second kappa shape index (κ2) is 8.81. The van der Waals surface area contributed by atoms with Crippen LogP contribution in [0.1, 0.15) is 32.6 Å². The van der Waals surface area contributed by atoms with E-state index in [0.717, 1.165) is 0 Å². The quantitative estimate of drug-likeness (QED) is 0.776. The summed E-state index contributed by atoms with van der Waals surface area (Å²) in [5, 5.41) is 3.15. The molecule has 0 bridgehead atoms. The molecule has 29 heavy (non-hydrogen) atoms. The Hall–Kier alpha value is -1.97. The molecule has 1 aromatic heterocycles. The number of benzene rings is 1. The molecule has 0 aliphatic carbocycles. The Labute approximate surface area is 172 Å². The number of amides is 1. The van der Waals surface area contributed by atoms with E-state index in [9.17, 15) is 13.6 Å². The first-order valence-electron chi connectivity index (χ1n) is 9.27. The van der Waals surface area contributed by atoms with E-state index in [4.69, 9.17) is 25.8 Å². The molecular weight excluding hydrogens is 408 g/mol. The molecule has 10 heteroatoms. The lowest BCUT2D eigenvalue weighted by Gasteiger charge is -2.31. The van der Waals surface area contributed by atoms with Crippen LogP contribution in [0.3, 0.4) is 0 Å². The Balaban J connectivity index is 2.03. The number of nitrogens with one attached hydrogen (secondary N) is 1. The van der Waals surface area contributed by atoms with Crippen molar-refractivity contribution in [1.29, 1.82) is 0 Å². The smallest absolute Gasteiger partial charge is 0.408 e. The standard InChI is InChI=1S/C19H24ClF2N3O4/c1-19(2,3)29-18(26)24-16(14-10-27-6-7-28-14)17-23-12-8-11(20)4-5-13(12)25(17)9-15(21)22/h4-5,8,14-16H,6-7,9-10H2,1-3H3,(H,24,26). The van der Waals surface area contributed by atoms with Crippen molar-refractivity contribution in [3.05, 3.63) is 29.0 Å². The number of ether oxygens (including phenoxy) is 3. The number of carbonyl (C=O) groups is 1. The Kier molecular flexibility index (Phi) is 6.60. The first-order chi connectivity index (χ1) is 13.6. The molecule has 1 aliphatic rings. The van der Waals surface area contributed by atoms with Gasteiger partial charge in [-0.15, -0.1) is 0 Å². The van der Waals surface area contributed by atoms with Gasteiger partial charge >= 0.3 is 6.09 Å². The molecule has 2 unspecified atom stereocenters. The number of alkyl halides is 2. The van der Waals surface area contributed by atoms with Gasteiger partial charge in [-0.25, -0.2) is 18.6 Å². The SMILES string of the molecule is CC(C)(C)OC(=O)NC(c1nc2cc(Cl)ccc2n1CC(F)F)C1COCCO1. The van der Waals surface area contributed by atoms with E-state index in [1.165, 1.54) is 4.57 Å². The molecule has 2 atom stereocenters. The third kappa shape index (κ3) is 5.55. The number of halogens is 3. The van der Waals surface area contributed by atoms with E-state index in [-0.39, 0.29) is 12.4 Å². The van der Waals surface area contributed by atoms with Gasteiger partial charge in [0.05, 0.1) is 37.4 Å². The average molecular weight is 432 g/mol. The summed E-state index contributed by atoms with van der Waals surface area (Å²) in [6, 6.07) is 3.97. The van der Waals surface area contributed by atoms with Crippen molar-refractivity contribution in [3.8, 4) is 0 Å². The monoisotopic (exact) mass is 431 g/mol. The first kappa shape index (κ1) is 21.7. The summed E-state index contributed by atoms with van der Waals surface area (Å²) in [7, 11) is 0. The predicted molar refractivity (Wildman–Crippen MR) is 103 cm³/mol. The zero-order valence-electron chi connectivity index (χ0n) is 16.5. The minimum Gasteiger partial charge on any atom is -0.444 e. The molecule has 160 valence electrons. The van der Waals surface area contributed by atoms with Crippen molar-refractivity contribution in [2.45, 2.75) is 51.5 Å². The van der Waals surface area contributed by atoms with Gasteiger partial charge in [-0.05, 0) is 39.0 Å². The van der Waals surface area contributed by atoms with E-state index in [1.807, 2.05) is 0 Å². The lowest BCUT2D eigenvalue weighted by molar-refractivity contribution is -0.103. The largest absolute Gasteiger partial charge is 0.444 e. The van der Waals surface area contributed by atoms with Crippen LogP contribution < -0.4 is 5.32 Å². The van der Waals surface area contributed by atoms with Crippen molar-refractivity contribution in [1.82, 2.24) is 14.9 Å². The fourth-order valence-corrected chi connectivity index (χ4v) is 3.31. The van der Waals surface area contributed by atoms with Gasteiger partial charge < -0.3 is 24.1 Å². The van der Waals surface area contributed by atoms with Gasteiger partial charge in [0.25, 0.3) is 6.43 Å². The van der Waals surface area contributed by atoms with Crippen LogP contribution >= 0.6 is 11.6 Å². The molecule has 0 spiro atoms. The fraction of sp³-hybridized carbons (Fsp3) is 0.579. The number of alkyl carbamates (subject to hydrolysis) is 1. The molecule has 1 N–H and O–H groups in total. The highest BCUT2D eigenvalue weighted by Gasteiger charge is 2.34. The maximum Gasteiger partial charge on any atom is 0.408 e. The van der Waals surface area contributed by atoms with Crippen molar-refractivity contribution in [2.24, 2.45) is 0 Å². The van der Waals surface area contributed by atoms with E-state index in [0.29, 0.717) is 29.3 Å². The zero-order valence-corrected chi connectivity index (χ0v) is 17.2. The van der Waals surface area contributed by atoms with Crippen molar-refractivity contribution in [2.75, 3.05) is 19.8 Å². The first-order valence-corrected chi connectivity index (χ1v) is 9.64. The molecule has 3 rings (SSSR count). The van der Waals surface area contributed by atoms with Crippen LogP contribution in [-0.2, 0) is 20.8 Å². The molecule has 1 saturated heterocycles. The summed E-state index contributed by atoms with van der Waals surface area (Å²) >= 11 is 6.04. The van der Waals surface area contributed by atoms with Gasteiger partial charge in [0, 0.05) is 5.02 Å². The molecule has 1 fully saturated rings. The summed E-state index contributed by atoms with van der Waals surface area (Å²) in [5.41, 5.74) is 0.202. The van der Waals surface area contributed by atoms with Gasteiger partial charge in [-0.3, -0.25) is 0 Å². The van der Waals surface area contributed by atoms with Crippen molar-refractivity contribution >= 4 is 28.7 Å². The van der Waals surface area contributed by atoms with Gasteiger partial charge in [0.1, 0.15) is 23.6 Å². The van der Waals surface area contributed by atoms with Gasteiger partial charge in [-0.2, -0.15) is 0 Å². The zero-order chi connectivity index (χ0) is 21.2. The molecule has 2 aromatic rings. The summed E-state index contributed by atoms with van der Waals surface area (Å²) in [6.07, 6.45) is -3.93. The molecule has 1 aliphatic heterocycles. The van der Waals surface area contributed by atoms with Crippen molar-refractivity contribution in [3.63, 3.8) is 0 Å². The van der Waals surface area contributed by atoms with E-state index >= 15 is 0 Å². The Morgan fingerprint density at radius 3 is 2.79 bits per heavy atom. The summed E-state index contributed by atoms with van der Waals surface area (Å²) < 4.78 is 44.6. The number of aromatic nitrogens is 2. The normalized spacial score (nSPS) is 18.8. The van der Waals surface area contributed by atoms with Crippen LogP contribution in [0.5, 0.6) is 0 Å². The Bertz CT molecular complexity index is 863. The number of rotatable bonds is 5. The van der Waals surface area contributed by atoms with Crippen LogP contribution in [0.4, 0.5) is 13.6 Å². The molecule has 1 aromatic carbocycles. The summed E-state index contributed by atoms with van der Waals surface area (Å²) in [5.74, 6) is 0.226. The molecular formula is C19H24ClF2N3O4. The van der Waals surface area contributed by atoms with Gasteiger partial charge in [0.2, 0.25) is 0 Å². The fourth-order valence-electron chi connectivity index (χ4n) is 3.15. The highest BCUT2D eigenvalue weighted by atomic mass is 35.5. The van der Waals surface area contributed by atoms with Crippen LogP contribution in [0.15, 0.2) is 18.2 Å². The number of fused-ring (bicyclic) bond motifs is 1. The number of hydrogen-bond acceptors (Lipinski definition) is 5. The molecule has 7 nitrogen and oxygen atoms in total. The third-order valence-electron chi connectivity index (χ3n) is 4.22. The van der Waals surface area contributed by atoms with E-state index in [1.54, 1.807) is 39.0 Å². The topological polar surface area (TPSA) is 74.6 Å². The number of hydrogen-bond donors (Lipinski definition) is 1. The third-order valence-corrected chi connectivity index (χ3v) is 4.46. The highest BCUT2D eigenvalue weighted by Crippen LogP contribution is 2.28.